The molecule has 2 unspecified atom stereocenters. The maximum absolute atomic E-state index is 12.8. The predicted octanol–water partition coefficient (Wildman–Crippen LogP) is 11.8. The molecule has 0 rings (SSSR count). The Bertz CT molecular complexity index is 1120. The van der Waals surface area contributed by atoms with Gasteiger partial charge in [-0.1, -0.05) is 184 Å². The molecule has 0 heterocycles. The molecule has 0 saturated carbocycles. The van der Waals surface area contributed by atoms with Crippen LogP contribution in [0.25, 0.3) is 0 Å². The Morgan fingerprint density at radius 2 is 0.950 bits per heavy atom. The highest BCUT2D eigenvalue weighted by molar-refractivity contribution is 5.70. The molecule has 0 aromatic rings. The van der Waals surface area contributed by atoms with Crippen molar-refractivity contribution in [1.82, 2.24) is 0 Å². The maximum Gasteiger partial charge on any atom is 0.306 e. The van der Waals surface area contributed by atoms with Crippen LogP contribution < -0.4 is 5.11 Å². The highest BCUT2D eigenvalue weighted by Crippen LogP contribution is 2.15. The van der Waals surface area contributed by atoms with Gasteiger partial charge in [0.05, 0.1) is 40.3 Å². The quantitative estimate of drug-likeness (QED) is 0.0196. The van der Waals surface area contributed by atoms with E-state index in [1.165, 1.54) is 96.3 Å². The van der Waals surface area contributed by atoms with E-state index >= 15 is 0 Å². The van der Waals surface area contributed by atoms with Crippen molar-refractivity contribution in [2.45, 2.75) is 212 Å². The lowest BCUT2D eigenvalue weighted by Crippen LogP contribution is -2.44. The summed E-state index contributed by atoms with van der Waals surface area (Å²) >= 11 is 0. The van der Waals surface area contributed by atoms with E-state index in [-0.39, 0.29) is 38.6 Å². The van der Waals surface area contributed by atoms with Crippen LogP contribution >= 0.6 is 0 Å². The van der Waals surface area contributed by atoms with Crippen LogP contribution in [0.4, 0.5) is 0 Å². The highest BCUT2D eigenvalue weighted by atomic mass is 16.7. The summed E-state index contributed by atoms with van der Waals surface area (Å²) in [7, 11) is 5.90. The number of nitrogens with zero attached hydrogens (tertiary/aromatic N) is 1. The number of carboxylic acids is 1. The molecular formula is C51H91NO8. The summed E-state index contributed by atoms with van der Waals surface area (Å²) in [4.78, 5) is 37.1. The zero-order chi connectivity index (χ0) is 44.2. The van der Waals surface area contributed by atoms with Gasteiger partial charge in [0.1, 0.15) is 13.2 Å². The van der Waals surface area contributed by atoms with Gasteiger partial charge < -0.3 is 33.3 Å². The SMILES string of the molecule is CC/C=C\C/C=C\C/C=C\C/C=C\CCCCCCC(=O)OC(COC(=O)CCCCCCCCCCCCCCCCCCCC)COC(OCC[N+](C)(C)C)C(=O)[O-]. The standard InChI is InChI=1S/C51H91NO8/c1-6-8-10-12-14-16-18-20-22-24-26-27-29-31-33-35-37-39-41-48(53)58-45-47(46-59-51(50(55)56)57-44-43-52(3,4)5)60-49(54)42-40-38-36-34-32-30-28-25-23-21-19-17-15-13-11-9-7-2/h9,11,15,17,21,23,28,30,47,51H,6-8,10,12-14,16,18-20,22,24-27,29,31-46H2,1-5H3/b11-9-,17-15-,23-21-,30-28-. The summed E-state index contributed by atoms with van der Waals surface area (Å²) < 4.78 is 22.6. The summed E-state index contributed by atoms with van der Waals surface area (Å²) in [5.41, 5.74) is 0. The number of ether oxygens (including phenoxy) is 4. The van der Waals surface area contributed by atoms with Crippen molar-refractivity contribution in [3.63, 3.8) is 0 Å². The summed E-state index contributed by atoms with van der Waals surface area (Å²) in [6.07, 6.45) is 47.1. The zero-order valence-corrected chi connectivity index (χ0v) is 39.3. The molecule has 0 aliphatic rings. The molecule has 348 valence electrons. The number of unbranched alkanes of at least 4 members (excludes halogenated alkanes) is 21. The topological polar surface area (TPSA) is 111 Å². The fourth-order valence-electron chi connectivity index (χ4n) is 6.59. The van der Waals surface area contributed by atoms with Gasteiger partial charge in [0.15, 0.2) is 12.4 Å². The second-order valence-corrected chi connectivity index (χ2v) is 17.4. The molecule has 0 radical (unpaired) electrons. The molecule has 0 aliphatic heterocycles. The second kappa shape index (κ2) is 42.9. The molecule has 0 aromatic carbocycles. The summed E-state index contributed by atoms with van der Waals surface area (Å²) in [5.74, 6) is -2.31. The van der Waals surface area contributed by atoms with E-state index < -0.39 is 24.3 Å². The smallest absolute Gasteiger partial charge is 0.306 e. The Labute approximate surface area is 368 Å². The van der Waals surface area contributed by atoms with Crippen LogP contribution in [-0.2, 0) is 33.3 Å². The first-order valence-electron chi connectivity index (χ1n) is 24.3. The number of carboxylic acid groups (broad SMARTS) is 1. The van der Waals surface area contributed by atoms with E-state index in [0.29, 0.717) is 17.4 Å². The van der Waals surface area contributed by atoms with Gasteiger partial charge in [-0.05, 0) is 51.4 Å². The summed E-state index contributed by atoms with van der Waals surface area (Å²) in [6, 6.07) is 0. The minimum Gasteiger partial charge on any atom is -0.545 e. The minimum atomic E-state index is -1.63. The van der Waals surface area contributed by atoms with E-state index in [0.717, 1.165) is 70.6 Å². The van der Waals surface area contributed by atoms with Crippen LogP contribution in [0.5, 0.6) is 0 Å². The van der Waals surface area contributed by atoms with Gasteiger partial charge in [-0.15, -0.1) is 0 Å². The predicted molar refractivity (Wildman–Crippen MR) is 246 cm³/mol. The average Bonchev–Trinajstić information content (AvgIpc) is 3.21. The highest BCUT2D eigenvalue weighted by Gasteiger charge is 2.21. The number of aliphatic carboxylic acids is 1. The van der Waals surface area contributed by atoms with Gasteiger partial charge >= 0.3 is 11.9 Å². The molecule has 0 amide bonds. The third-order valence-electron chi connectivity index (χ3n) is 10.3. The van der Waals surface area contributed by atoms with Crippen molar-refractivity contribution >= 4 is 17.9 Å². The van der Waals surface area contributed by atoms with Gasteiger partial charge in [0.25, 0.3) is 0 Å². The number of rotatable bonds is 44. The van der Waals surface area contributed by atoms with Crippen molar-refractivity contribution in [3.8, 4) is 0 Å². The van der Waals surface area contributed by atoms with E-state index in [9.17, 15) is 19.5 Å². The number of quaternary nitrogens is 1. The van der Waals surface area contributed by atoms with Gasteiger partial charge in [0, 0.05) is 12.8 Å². The maximum atomic E-state index is 12.8. The van der Waals surface area contributed by atoms with Crippen molar-refractivity contribution in [3.05, 3.63) is 48.6 Å². The van der Waals surface area contributed by atoms with Gasteiger partial charge in [-0.3, -0.25) is 9.59 Å². The van der Waals surface area contributed by atoms with Gasteiger partial charge in [-0.2, -0.15) is 0 Å². The third-order valence-corrected chi connectivity index (χ3v) is 10.3. The summed E-state index contributed by atoms with van der Waals surface area (Å²) in [5, 5.41) is 11.7. The molecule has 0 aromatic heterocycles. The molecule has 2 atom stereocenters. The van der Waals surface area contributed by atoms with Gasteiger partial charge in [0.2, 0.25) is 0 Å². The van der Waals surface area contributed by atoms with E-state index in [2.05, 4.69) is 62.5 Å². The largest absolute Gasteiger partial charge is 0.545 e. The molecule has 0 N–H and O–H groups in total. The Morgan fingerprint density at radius 3 is 1.42 bits per heavy atom. The molecule has 0 bridgehead atoms. The molecular weight excluding hydrogens is 755 g/mol. The number of carbonyl (C=O) groups is 3. The number of carbonyl (C=O) groups excluding carboxylic acids is 3. The van der Waals surface area contributed by atoms with E-state index in [4.69, 9.17) is 18.9 Å². The van der Waals surface area contributed by atoms with Crippen molar-refractivity contribution in [2.24, 2.45) is 0 Å². The summed E-state index contributed by atoms with van der Waals surface area (Å²) in [6.45, 7) is 4.61. The zero-order valence-electron chi connectivity index (χ0n) is 39.3. The molecule has 9 heteroatoms. The Balaban J connectivity index is 4.41. The minimum absolute atomic E-state index is 0.142. The fraction of sp³-hybridized carbons (Fsp3) is 0.784. The number of esters is 2. The average molecular weight is 846 g/mol. The number of allylic oxidation sites excluding steroid dienone is 8. The van der Waals surface area contributed by atoms with Crippen LogP contribution in [0, 0.1) is 0 Å². The lowest BCUT2D eigenvalue weighted by atomic mass is 10.0. The Kier molecular flexibility index (Phi) is 41.0. The lowest BCUT2D eigenvalue weighted by molar-refractivity contribution is -0.870. The van der Waals surface area contributed by atoms with Crippen molar-refractivity contribution < 1.29 is 42.9 Å². The number of likely N-dealkylation sites (N-methyl/N-ethyl adjacent to an activating group) is 1. The fourth-order valence-corrected chi connectivity index (χ4v) is 6.59. The number of hydrogen-bond donors (Lipinski definition) is 0. The van der Waals surface area contributed by atoms with E-state index in [1.54, 1.807) is 0 Å². The van der Waals surface area contributed by atoms with Crippen LogP contribution in [0.15, 0.2) is 48.6 Å². The van der Waals surface area contributed by atoms with Gasteiger partial charge in [-0.25, -0.2) is 0 Å². The first kappa shape index (κ1) is 57.2. The van der Waals surface area contributed by atoms with Crippen LogP contribution in [0.1, 0.15) is 200 Å². The molecule has 60 heavy (non-hydrogen) atoms. The lowest BCUT2D eigenvalue weighted by Gasteiger charge is -2.26. The van der Waals surface area contributed by atoms with Crippen LogP contribution in [-0.4, -0.2) is 82.3 Å². The first-order valence-corrected chi connectivity index (χ1v) is 24.3. The first-order chi connectivity index (χ1) is 29.1. The Morgan fingerprint density at radius 1 is 0.517 bits per heavy atom. The molecule has 0 fully saturated rings. The number of hydrogen-bond acceptors (Lipinski definition) is 8. The molecule has 9 nitrogen and oxygen atoms in total. The third kappa shape index (κ3) is 43.3. The molecule has 0 spiro atoms. The van der Waals surface area contributed by atoms with Crippen molar-refractivity contribution in [2.75, 3.05) is 47.5 Å². The van der Waals surface area contributed by atoms with E-state index in [1.807, 2.05) is 21.1 Å². The second-order valence-electron chi connectivity index (χ2n) is 17.4. The van der Waals surface area contributed by atoms with Crippen LogP contribution in [0.3, 0.4) is 0 Å². The monoisotopic (exact) mass is 846 g/mol. The Hall–Kier alpha value is -2.75. The molecule has 0 aliphatic carbocycles. The molecule has 0 saturated heterocycles. The van der Waals surface area contributed by atoms with Crippen molar-refractivity contribution in [1.29, 1.82) is 0 Å². The normalized spacial score (nSPS) is 13.3. The van der Waals surface area contributed by atoms with Crippen LogP contribution in [0.2, 0.25) is 0 Å².